The quantitative estimate of drug-likeness (QED) is 0.807. The summed E-state index contributed by atoms with van der Waals surface area (Å²) in [5, 5.41) is 12.9. The fourth-order valence-electron chi connectivity index (χ4n) is 2.55. The van der Waals surface area contributed by atoms with Gasteiger partial charge in [0.05, 0.1) is 19.3 Å². The van der Waals surface area contributed by atoms with Crippen molar-refractivity contribution in [1.82, 2.24) is 5.32 Å². The Morgan fingerprint density at radius 1 is 1.20 bits per heavy atom. The fraction of sp³-hybridized carbons (Fsp3) is 0.316. The van der Waals surface area contributed by atoms with E-state index in [-0.39, 0.29) is 17.9 Å². The van der Waals surface area contributed by atoms with Crippen LogP contribution in [0.5, 0.6) is 5.75 Å². The van der Waals surface area contributed by atoms with Crippen LogP contribution in [0.2, 0.25) is 0 Å². The van der Waals surface area contributed by atoms with Crippen molar-refractivity contribution >= 4 is 5.91 Å². The van der Waals surface area contributed by atoms with Crippen LogP contribution in [0.15, 0.2) is 42.5 Å². The molecule has 2 atom stereocenters. The van der Waals surface area contributed by atoms with Crippen LogP contribution in [-0.2, 0) is 11.2 Å². The zero-order valence-electron chi connectivity index (χ0n) is 14.1. The number of para-hydroxylation sites is 1. The van der Waals surface area contributed by atoms with E-state index in [0.29, 0.717) is 12.2 Å². The molecule has 2 rings (SSSR count). The Bertz CT molecular complexity index is 736. The van der Waals surface area contributed by atoms with E-state index in [1.165, 1.54) is 6.07 Å². The number of halogens is 2. The summed E-state index contributed by atoms with van der Waals surface area (Å²) in [6.45, 7) is 1.60. The maximum absolute atomic E-state index is 13.3. The maximum atomic E-state index is 13.3. The van der Waals surface area contributed by atoms with Crippen LogP contribution in [-0.4, -0.2) is 24.2 Å². The Kier molecular flexibility index (Phi) is 6.47. The van der Waals surface area contributed by atoms with Gasteiger partial charge in [-0.05, 0) is 42.7 Å². The Balaban J connectivity index is 1.91. The van der Waals surface area contributed by atoms with Gasteiger partial charge in [-0.15, -0.1) is 0 Å². The molecule has 0 aliphatic heterocycles. The van der Waals surface area contributed by atoms with Crippen molar-refractivity contribution in [3.63, 3.8) is 0 Å². The van der Waals surface area contributed by atoms with Crippen LogP contribution in [0.3, 0.4) is 0 Å². The van der Waals surface area contributed by atoms with Gasteiger partial charge in [-0.3, -0.25) is 4.79 Å². The molecule has 6 heteroatoms. The lowest BCUT2D eigenvalue weighted by molar-refractivity contribution is -0.122. The van der Waals surface area contributed by atoms with Crippen molar-refractivity contribution in [2.24, 2.45) is 0 Å². The van der Waals surface area contributed by atoms with E-state index in [2.05, 4.69) is 5.32 Å². The topological polar surface area (TPSA) is 58.6 Å². The molecule has 134 valence electrons. The third-order valence-electron chi connectivity index (χ3n) is 3.96. The molecule has 0 fully saturated rings. The number of carbonyl (C=O) groups excluding carboxylic acids is 1. The van der Waals surface area contributed by atoms with Crippen LogP contribution in [0, 0.1) is 11.6 Å². The molecular weight excluding hydrogens is 328 g/mol. The van der Waals surface area contributed by atoms with Crippen LogP contribution in [0.4, 0.5) is 8.78 Å². The highest BCUT2D eigenvalue weighted by Gasteiger charge is 2.20. The van der Waals surface area contributed by atoms with Crippen LogP contribution >= 0.6 is 0 Å². The van der Waals surface area contributed by atoms with E-state index < -0.39 is 23.8 Å². The van der Waals surface area contributed by atoms with Crippen molar-refractivity contribution < 1.29 is 23.4 Å². The van der Waals surface area contributed by atoms with Crippen molar-refractivity contribution in [3.8, 4) is 5.75 Å². The minimum absolute atomic E-state index is 0.205. The van der Waals surface area contributed by atoms with Crippen molar-refractivity contribution in [2.45, 2.75) is 31.9 Å². The van der Waals surface area contributed by atoms with Gasteiger partial charge < -0.3 is 15.2 Å². The van der Waals surface area contributed by atoms with Gasteiger partial charge in [-0.25, -0.2) is 8.78 Å². The molecule has 2 N–H and O–H groups in total. The lowest BCUT2D eigenvalue weighted by Crippen LogP contribution is -2.37. The molecule has 0 bridgehead atoms. The van der Waals surface area contributed by atoms with E-state index in [9.17, 15) is 18.7 Å². The summed E-state index contributed by atoms with van der Waals surface area (Å²) in [5.41, 5.74) is 1.12. The van der Waals surface area contributed by atoms with Gasteiger partial charge in [0.25, 0.3) is 0 Å². The number of carbonyl (C=O) groups is 1. The normalized spacial score (nSPS) is 13.2. The smallest absolute Gasteiger partial charge is 0.220 e. The average Bonchev–Trinajstić information content (AvgIpc) is 2.61. The number of aliphatic hydroxyl groups is 1. The molecule has 0 heterocycles. The summed E-state index contributed by atoms with van der Waals surface area (Å²) in [6, 6.07) is 9.94. The van der Waals surface area contributed by atoms with Gasteiger partial charge in [-0.2, -0.15) is 0 Å². The highest BCUT2D eigenvalue weighted by molar-refractivity contribution is 5.76. The van der Waals surface area contributed by atoms with Crippen LogP contribution < -0.4 is 10.1 Å². The standard InChI is InChI=1S/C19H21F2NO3/c1-12(19(24)14-7-9-15(20)16(21)11-14)22-18(23)10-8-13-5-3-4-6-17(13)25-2/h3-7,9,11-12,19,24H,8,10H2,1-2H3,(H,22,23). The van der Waals surface area contributed by atoms with Crippen LogP contribution in [0.1, 0.15) is 30.6 Å². The Morgan fingerprint density at radius 3 is 2.60 bits per heavy atom. The highest BCUT2D eigenvalue weighted by atomic mass is 19.2. The second kappa shape index (κ2) is 8.58. The molecule has 0 radical (unpaired) electrons. The molecule has 0 saturated carbocycles. The van der Waals surface area contributed by atoms with E-state index in [1.807, 2.05) is 24.3 Å². The first kappa shape index (κ1) is 18.9. The second-order valence-corrected chi connectivity index (χ2v) is 5.79. The van der Waals surface area contributed by atoms with Gasteiger partial charge in [0, 0.05) is 6.42 Å². The summed E-state index contributed by atoms with van der Waals surface area (Å²) in [7, 11) is 1.57. The number of aliphatic hydroxyl groups excluding tert-OH is 1. The molecular formula is C19H21F2NO3. The van der Waals surface area contributed by atoms with E-state index in [0.717, 1.165) is 17.7 Å². The number of aryl methyl sites for hydroxylation is 1. The Labute approximate surface area is 145 Å². The summed E-state index contributed by atoms with van der Waals surface area (Å²) in [6.07, 6.45) is -0.427. The zero-order valence-corrected chi connectivity index (χ0v) is 14.1. The summed E-state index contributed by atoms with van der Waals surface area (Å²) in [4.78, 5) is 12.1. The Morgan fingerprint density at radius 2 is 1.92 bits per heavy atom. The predicted molar refractivity (Wildman–Crippen MR) is 90.2 cm³/mol. The number of rotatable bonds is 7. The number of hydrogen-bond donors (Lipinski definition) is 2. The third kappa shape index (κ3) is 5.00. The van der Waals surface area contributed by atoms with Gasteiger partial charge in [-0.1, -0.05) is 24.3 Å². The first-order valence-corrected chi connectivity index (χ1v) is 7.96. The number of ether oxygens (including phenoxy) is 1. The summed E-state index contributed by atoms with van der Waals surface area (Å²) in [5.74, 6) is -1.55. The Hall–Kier alpha value is -2.47. The van der Waals surface area contributed by atoms with E-state index in [1.54, 1.807) is 14.0 Å². The number of nitrogens with one attached hydrogen (secondary N) is 1. The molecule has 25 heavy (non-hydrogen) atoms. The molecule has 0 saturated heterocycles. The second-order valence-electron chi connectivity index (χ2n) is 5.79. The number of hydrogen-bond acceptors (Lipinski definition) is 3. The lowest BCUT2D eigenvalue weighted by atomic mass is 10.0. The molecule has 4 nitrogen and oxygen atoms in total. The average molecular weight is 349 g/mol. The number of amides is 1. The lowest BCUT2D eigenvalue weighted by Gasteiger charge is -2.21. The molecule has 0 spiro atoms. The van der Waals surface area contributed by atoms with E-state index in [4.69, 9.17) is 4.74 Å². The molecule has 0 aliphatic carbocycles. The highest BCUT2D eigenvalue weighted by Crippen LogP contribution is 2.21. The summed E-state index contributed by atoms with van der Waals surface area (Å²) < 4.78 is 31.5. The third-order valence-corrected chi connectivity index (χ3v) is 3.96. The van der Waals surface area contributed by atoms with Crippen molar-refractivity contribution in [2.75, 3.05) is 7.11 Å². The number of methoxy groups -OCH3 is 1. The van der Waals surface area contributed by atoms with Gasteiger partial charge in [0.2, 0.25) is 5.91 Å². The molecule has 2 aromatic rings. The molecule has 2 aromatic carbocycles. The summed E-state index contributed by atoms with van der Waals surface area (Å²) >= 11 is 0. The van der Waals surface area contributed by atoms with Crippen molar-refractivity contribution in [3.05, 3.63) is 65.2 Å². The number of benzene rings is 2. The first-order valence-electron chi connectivity index (χ1n) is 7.96. The monoisotopic (exact) mass is 349 g/mol. The largest absolute Gasteiger partial charge is 0.496 e. The minimum atomic E-state index is -1.13. The molecule has 1 amide bonds. The SMILES string of the molecule is COc1ccccc1CCC(=O)NC(C)C(O)c1ccc(F)c(F)c1. The maximum Gasteiger partial charge on any atom is 0.220 e. The minimum Gasteiger partial charge on any atom is -0.496 e. The van der Waals surface area contributed by atoms with E-state index >= 15 is 0 Å². The van der Waals surface area contributed by atoms with Crippen molar-refractivity contribution in [1.29, 1.82) is 0 Å². The molecule has 0 aliphatic rings. The first-order chi connectivity index (χ1) is 11.9. The predicted octanol–water partition coefficient (Wildman–Crippen LogP) is 3.14. The van der Waals surface area contributed by atoms with Crippen LogP contribution in [0.25, 0.3) is 0 Å². The molecule has 2 unspecified atom stereocenters. The van der Waals surface area contributed by atoms with Gasteiger partial charge >= 0.3 is 0 Å². The fourth-order valence-corrected chi connectivity index (χ4v) is 2.55. The van der Waals surface area contributed by atoms with Gasteiger partial charge in [0.1, 0.15) is 5.75 Å². The zero-order chi connectivity index (χ0) is 18.4. The van der Waals surface area contributed by atoms with Gasteiger partial charge in [0.15, 0.2) is 11.6 Å². The molecule has 0 aromatic heterocycles.